The first-order chi connectivity index (χ1) is 14.8. The molecule has 0 radical (unpaired) electrons. The van der Waals surface area contributed by atoms with Crippen LogP contribution < -0.4 is 4.74 Å². The number of hydrogen-bond donors (Lipinski definition) is 3. The Kier molecular flexibility index (Phi) is 9.89. The van der Waals surface area contributed by atoms with Crippen LogP contribution in [0.2, 0.25) is 0 Å². The molecule has 0 saturated heterocycles. The summed E-state index contributed by atoms with van der Waals surface area (Å²) in [6, 6.07) is 0. The third-order valence-electron chi connectivity index (χ3n) is 6.21. The van der Waals surface area contributed by atoms with E-state index >= 15 is 0 Å². The number of fused-ring (bicyclic) bond motifs is 1. The number of ether oxygens (including phenoxy) is 1. The molecule has 0 bridgehead atoms. The van der Waals surface area contributed by atoms with Crippen molar-refractivity contribution in [1.82, 2.24) is 0 Å². The third kappa shape index (κ3) is 6.99. The Morgan fingerprint density at radius 1 is 0.871 bits per heavy atom. The molecule has 5 nitrogen and oxygen atoms in total. The van der Waals surface area contributed by atoms with Gasteiger partial charge in [-0.1, -0.05) is 64.0 Å². The van der Waals surface area contributed by atoms with Crippen LogP contribution in [0, 0.1) is 13.8 Å². The summed E-state index contributed by atoms with van der Waals surface area (Å²) in [7, 11) is 0. The van der Waals surface area contributed by atoms with Crippen molar-refractivity contribution in [3.8, 4) is 17.2 Å². The molecule has 1 aliphatic rings. The highest BCUT2D eigenvalue weighted by Crippen LogP contribution is 2.47. The maximum absolute atomic E-state index is 12.6. The summed E-state index contributed by atoms with van der Waals surface area (Å²) in [4.78, 5) is 12.6. The molecule has 1 unspecified atom stereocenters. The van der Waals surface area contributed by atoms with Crippen LogP contribution in [0.25, 0.3) is 0 Å². The monoisotopic (exact) mass is 432 g/mol. The van der Waals surface area contributed by atoms with Crippen LogP contribution in [0.1, 0.15) is 112 Å². The van der Waals surface area contributed by atoms with Crippen molar-refractivity contribution < 1.29 is 24.9 Å². The molecule has 174 valence electrons. The van der Waals surface area contributed by atoms with Crippen LogP contribution in [-0.2, 0) is 0 Å². The molecule has 0 amide bonds. The maximum atomic E-state index is 12.6. The van der Waals surface area contributed by atoms with Crippen LogP contribution in [0.15, 0.2) is 12.2 Å². The van der Waals surface area contributed by atoms with Crippen LogP contribution in [0.4, 0.5) is 0 Å². The molecule has 1 aliphatic heterocycles. The van der Waals surface area contributed by atoms with Gasteiger partial charge in [-0.25, -0.2) is 0 Å². The summed E-state index contributed by atoms with van der Waals surface area (Å²) in [5.74, 6) is -2.20. The minimum Gasteiger partial charge on any atom is -0.507 e. The van der Waals surface area contributed by atoms with Gasteiger partial charge in [0.25, 0.3) is 0 Å². The Labute approximate surface area is 187 Å². The molecule has 0 saturated carbocycles. The number of phenols is 2. The third-order valence-corrected chi connectivity index (χ3v) is 6.21. The lowest BCUT2D eigenvalue weighted by Crippen LogP contribution is -2.42. The second-order valence-corrected chi connectivity index (χ2v) is 8.93. The van der Waals surface area contributed by atoms with E-state index in [1.165, 1.54) is 51.4 Å². The molecule has 0 fully saturated rings. The number of ketones is 1. The smallest absolute Gasteiger partial charge is 0.215 e. The number of allylic oxidation sites excluding steroid dienone is 2. The average molecular weight is 433 g/mol. The molecule has 2 rings (SSSR count). The molecular formula is C26H40O5. The molecule has 0 spiro atoms. The Morgan fingerprint density at radius 2 is 1.45 bits per heavy atom. The standard InChI is InChI=1S/C26H40O5/c1-4-5-6-7-8-9-10-11-12-13-14-15-16-17-26(30)18-21(27)22-24(29)19(2)23(28)20(3)25(22)31-26/h7-8,28-30H,4-6,9-18H2,1-3H3/b8-7-. The highest BCUT2D eigenvalue weighted by atomic mass is 16.6. The molecule has 5 heteroatoms. The van der Waals surface area contributed by atoms with Crippen molar-refractivity contribution >= 4 is 5.78 Å². The number of unbranched alkanes of at least 4 members (excludes halogenated alkanes) is 9. The summed E-state index contributed by atoms with van der Waals surface area (Å²) in [5, 5.41) is 31.2. The summed E-state index contributed by atoms with van der Waals surface area (Å²) in [6.07, 6.45) is 17.5. The lowest BCUT2D eigenvalue weighted by atomic mass is 9.90. The van der Waals surface area contributed by atoms with E-state index in [0.29, 0.717) is 12.0 Å². The van der Waals surface area contributed by atoms with E-state index in [1.807, 2.05) is 0 Å². The normalized spacial score (nSPS) is 18.4. The molecule has 0 aliphatic carbocycles. The largest absolute Gasteiger partial charge is 0.507 e. The number of rotatable bonds is 13. The summed E-state index contributed by atoms with van der Waals surface area (Å²) < 4.78 is 5.75. The number of hydrogen-bond acceptors (Lipinski definition) is 5. The van der Waals surface area contributed by atoms with Crippen LogP contribution in [-0.4, -0.2) is 26.9 Å². The van der Waals surface area contributed by atoms with Crippen molar-refractivity contribution in [2.24, 2.45) is 0 Å². The number of aromatic hydroxyl groups is 2. The molecule has 1 aromatic rings. The Morgan fingerprint density at radius 3 is 2.10 bits per heavy atom. The fourth-order valence-electron chi connectivity index (χ4n) is 4.18. The lowest BCUT2D eigenvalue weighted by Gasteiger charge is -2.35. The predicted octanol–water partition coefficient (Wildman–Crippen LogP) is 6.63. The van der Waals surface area contributed by atoms with Crippen molar-refractivity contribution in [3.05, 3.63) is 28.8 Å². The maximum Gasteiger partial charge on any atom is 0.215 e. The van der Waals surface area contributed by atoms with E-state index in [-0.39, 0.29) is 40.6 Å². The number of benzene rings is 1. The van der Waals surface area contributed by atoms with Gasteiger partial charge >= 0.3 is 0 Å². The molecule has 31 heavy (non-hydrogen) atoms. The minimum atomic E-state index is -1.58. The van der Waals surface area contributed by atoms with Crippen molar-refractivity contribution in [2.75, 3.05) is 0 Å². The average Bonchev–Trinajstić information content (AvgIpc) is 2.73. The van der Waals surface area contributed by atoms with E-state index in [1.54, 1.807) is 13.8 Å². The Balaban J connectivity index is 1.70. The van der Waals surface area contributed by atoms with Gasteiger partial charge in [0.15, 0.2) is 5.78 Å². The SMILES string of the molecule is CCCC/C=C\CCCCCCCCCC1(O)CC(=O)c2c(O)c(C)c(O)c(C)c2O1. The van der Waals surface area contributed by atoms with Crippen LogP contribution in [0.5, 0.6) is 17.2 Å². The van der Waals surface area contributed by atoms with Gasteiger partial charge in [0.05, 0.1) is 6.42 Å². The van der Waals surface area contributed by atoms with Crippen molar-refractivity contribution in [3.63, 3.8) is 0 Å². The van der Waals surface area contributed by atoms with Gasteiger partial charge in [-0.15, -0.1) is 0 Å². The first kappa shape index (κ1) is 25.3. The molecule has 1 heterocycles. The first-order valence-corrected chi connectivity index (χ1v) is 12.0. The zero-order valence-corrected chi connectivity index (χ0v) is 19.5. The van der Waals surface area contributed by atoms with Crippen LogP contribution in [0.3, 0.4) is 0 Å². The minimum absolute atomic E-state index is 0.0673. The fourth-order valence-corrected chi connectivity index (χ4v) is 4.18. The molecule has 1 aromatic carbocycles. The van der Waals surface area contributed by atoms with E-state index in [0.717, 1.165) is 19.3 Å². The van der Waals surface area contributed by atoms with Gasteiger partial charge in [-0.2, -0.15) is 0 Å². The second-order valence-electron chi connectivity index (χ2n) is 8.93. The molecular weight excluding hydrogens is 392 g/mol. The van der Waals surface area contributed by atoms with E-state index in [9.17, 15) is 20.1 Å². The molecule has 0 aromatic heterocycles. The number of carbonyl (C=O) groups is 1. The zero-order chi connectivity index (χ0) is 22.9. The second kappa shape index (κ2) is 12.1. The highest BCUT2D eigenvalue weighted by molar-refractivity contribution is 6.04. The van der Waals surface area contributed by atoms with Crippen LogP contribution >= 0.6 is 0 Å². The summed E-state index contributed by atoms with van der Waals surface area (Å²) in [5.41, 5.74) is 0.695. The Hall–Kier alpha value is -2.01. The first-order valence-electron chi connectivity index (χ1n) is 12.0. The number of carbonyl (C=O) groups excluding carboxylic acids is 1. The topological polar surface area (TPSA) is 87.0 Å². The van der Waals surface area contributed by atoms with Gasteiger partial charge in [0, 0.05) is 17.5 Å². The van der Waals surface area contributed by atoms with E-state index in [4.69, 9.17) is 4.74 Å². The van der Waals surface area contributed by atoms with E-state index in [2.05, 4.69) is 19.1 Å². The zero-order valence-electron chi connectivity index (χ0n) is 19.5. The number of Topliss-reactive ketones (excluding diaryl/α,β-unsaturated/α-hetero) is 1. The summed E-state index contributed by atoms with van der Waals surface area (Å²) in [6.45, 7) is 5.39. The molecule has 1 atom stereocenters. The number of aliphatic hydroxyl groups is 1. The molecule has 3 N–H and O–H groups in total. The Bertz CT molecular complexity index is 768. The highest BCUT2D eigenvalue weighted by Gasteiger charge is 2.41. The van der Waals surface area contributed by atoms with Gasteiger partial charge in [-0.3, -0.25) is 4.79 Å². The number of phenolic OH excluding ortho intramolecular Hbond substituents is 2. The lowest BCUT2D eigenvalue weighted by molar-refractivity contribution is -0.145. The fraction of sp³-hybridized carbons (Fsp3) is 0.654. The van der Waals surface area contributed by atoms with Gasteiger partial charge in [0.2, 0.25) is 5.79 Å². The summed E-state index contributed by atoms with van der Waals surface area (Å²) >= 11 is 0. The van der Waals surface area contributed by atoms with Crippen molar-refractivity contribution in [1.29, 1.82) is 0 Å². The van der Waals surface area contributed by atoms with Gasteiger partial charge < -0.3 is 20.1 Å². The van der Waals surface area contributed by atoms with E-state index < -0.39 is 5.79 Å². The van der Waals surface area contributed by atoms with Gasteiger partial charge in [-0.05, 0) is 39.5 Å². The van der Waals surface area contributed by atoms with Crippen molar-refractivity contribution in [2.45, 2.75) is 110 Å². The quantitative estimate of drug-likeness (QED) is 0.241. The predicted molar refractivity (Wildman–Crippen MR) is 124 cm³/mol. The van der Waals surface area contributed by atoms with Gasteiger partial charge in [0.1, 0.15) is 22.8 Å².